The Bertz CT molecular complexity index is 3140. The van der Waals surface area contributed by atoms with Crippen molar-refractivity contribution in [3.05, 3.63) is 229 Å². The monoisotopic (exact) mass is 741 g/mol. The third-order valence-corrected chi connectivity index (χ3v) is 11.8. The third-order valence-electron chi connectivity index (χ3n) is 11.8. The van der Waals surface area contributed by atoms with E-state index in [0.717, 1.165) is 34.8 Å². The molecule has 2 aliphatic heterocycles. The number of aliphatic imine (C=N–C) groups is 1. The van der Waals surface area contributed by atoms with Crippen LogP contribution in [0.5, 0.6) is 0 Å². The Labute approximate surface area is 338 Å². The first-order valence-electron chi connectivity index (χ1n) is 20.0. The number of amidine groups is 1. The minimum atomic E-state index is -0.0772. The molecule has 0 bridgehead atoms. The van der Waals surface area contributed by atoms with Crippen LogP contribution in [-0.4, -0.2) is 12.4 Å². The van der Waals surface area contributed by atoms with Gasteiger partial charge in [-0.25, -0.2) is 4.99 Å². The van der Waals surface area contributed by atoms with E-state index in [4.69, 9.17) is 4.99 Å². The van der Waals surface area contributed by atoms with Crippen molar-refractivity contribution in [2.75, 3.05) is 6.54 Å². The molecule has 2 aliphatic rings. The van der Waals surface area contributed by atoms with Gasteiger partial charge in [0.1, 0.15) is 5.84 Å². The standard InChI is InChI=1S/C55H39N3/c1-2-14-40-32-41(30-27-36(40)12-1)52-34-51(39-28-25-37(26-29-39)44-18-11-31-56-35-44)57-55(58-52)43-17-9-16-42(33-43)53-47-20-5-7-22-49(47)54(50-23-8-6-21-48(50)53)46-24-10-15-38-13-3-4-19-45(38)46/h1-34,51,56H,35H2,(H,57,58). The van der Waals surface area contributed by atoms with Crippen molar-refractivity contribution in [3.8, 4) is 22.3 Å². The van der Waals surface area contributed by atoms with Gasteiger partial charge in [0.15, 0.2) is 0 Å². The first-order valence-corrected chi connectivity index (χ1v) is 20.0. The number of allylic oxidation sites excluding steroid dienone is 2. The lowest BCUT2D eigenvalue weighted by atomic mass is 9.84. The molecule has 0 aliphatic carbocycles. The van der Waals surface area contributed by atoms with Gasteiger partial charge in [-0.05, 0) is 113 Å². The van der Waals surface area contributed by atoms with Gasteiger partial charge in [-0.1, -0.05) is 176 Å². The second-order valence-electron chi connectivity index (χ2n) is 15.2. The molecule has 0 saturated carbocycles. The molecule has 0 fully saturated rings. The van der Waals surface area contributed by atoms with E-state index in [-0.39, 0.29) is 6.04 Å². The summed E-state index contributed by atoms with van der Waals surface area (Å²) in [5, 5.41) is 17.1. The molecule has 3 heteroatoms. The molecule has 1 atom stereocenters. The average Bonchev–Trinajstić information content (AvgIpc) is 3.30. The molecule has 0 amide bonds. The van der Waals surface area contributed by atoms with Crippen molar-refractivity contribution in [2.45, 2.75) is 6.04 Å². The number of hydrogen-bond donors (Lipinski definition) is 2. The molecule has 58 heavy (non-hydrogen) atoms. The van der Waals surface area contributed by atoms with Crippen LogP contribution in [0, 0.1) is 0 Å². The van der Waals surface area contributed by atoms with E-state index in [2.05, 4.69) is 211 Å². The summed E-state index contributed by atoms with van der Waals surface area (Å²) >= 11 is 0. The Hall–Kier alpha value is -7.49. The number of nitrogens with one attached hydrogen (secondary N) is 2. The Balaban J connectivity index is 1.06. The molecule has 11 rings (SSSR count). The Morgan fingerprint density at radius 2 is 1.09 bits per heavy atom. The maximum Gasteiger partial charge on any atom is 0.134 e. The number of nitrogens with zero attached hydrogens (tertiary/aromatic N) is 1. The van der Waals surface area contributed by atoms with Crippen LogP contribution < -0.4 is 10.6 Å². The van der Waals surface area contributed by atoms with E-state index < -0.39 is 0 Å². The molecule has 0 radical (unpaired) electrons. The summed E-state index contributed by atoms with van der Waals surface area (Å²) in [5.41, 5.74) is 11.7. The molecule has 0 saturated heterocycles. The summed E-state index contributed by atoms with van der Waals surface area (Å²) in [6, 6.07) is 66.2. The third kappa shape index (κ3) is 5.96. The van der Waals surface area contributed by atoms with Crippen molar-refractivity contribution in [1.29, 1.82) is 0 Å². The molecule has 9 aromatic carbocycles. The maximum absolute atomic E-state index is 5.38. The quantitative estimate of drug-likeness (QED) is 0.167. The molecular weight excluding hydrogens is 703 g/mol. The normalized spacial score (nSPS) is 15.2. The molecule has 2 N–H and O–H groups in total. The number of rotatable bonds is 6. The number of dihydropyridines is 1. The highest BCUT2D eigenvalue weighted by molar-refractivity contribution is 6.23. The zero-order valence-electron chi connectivity index (χ0n) is 31.9. The van der Waals surface area contributed by atoms with E-state index in [1.807, 2.05) is 6.20 Å². The zero-order valence-corrected chi connectivity index (χ0v) is 31.9. The number of benzene rings is 9. The topological polar surface area (TPSA) is 36.4 Å². The molecule has 1 unspecified atom stereocenters. The van der Waals surface area contributed by atoms with Crippen LogP contribution in [0.15, 0.2) is 211 Å². The van der Waals surface area contributed by atoms with Gasteiger partial charge in [0.05, 0.1) is 11.7 Å². The predicted octanol–water partition coefficient (Wildman–Crippen LogP) is 13.3. The Morgan fingerprint density at radius 3 is 1.83 bits per heavy atom. The van der Waals surface area contributed by atoms with E-state index in [0.29, 0.717) is 0 Å². The summed E-state index contributed by atoms with van der Waals surface area (Å²) in [4.78, 5) is 5.38. The highest BCUT2D eigenvalue weighted by Gasteiger charge is 2.22. The lowest BCUT2D eigenvalue weighted by molar-refractivity contribution is 0.780. The van der Waals surface area contributed by atoms with Gasteiger partial charge < -0.3 is 10.6 Å². The second-order valence-corrected chi connectivity index (χ2v) is 15.2. The molecule has 2 heterocycles. The van der Waals surface area contributed by atoms with Crippen molar-refractivity contribution in [3.63, 3.8) is 0 Å². The van der Waals surface area contributed by atoms with Crippen molar-refractivity contribution in [2.24, 2.45) is 4.99 Å². The van der Waals surface area contributed by atoms with Crippen LogP contribution in [0.25, 0.3) is 76.6 Å². The van der Waals surface area contributed by atoms with Crippen molar-refractivity contribution >= 4 is 60.2 Å². The zero-order chi connectivity index (χ0) is 38.4. The van der Waals surface area contributed by atoms with E-state index in [9.17, 15) is 0 Å². The smallest absolute Gasteiger partial charge is 0.134 e. The average molecular weight is 742 g/mol. The molecule has 9 aromatic rings. The van der Waals surface area contributed by atoms with Crippen LogP contribution in [0.3, 0.4) is 0 Å². The fourth-order valence-electron chi connectivity index (χ4n) is 8.93. The van der Waals surface area contributed by atoms with E-state index in [1.54, 1.807) is 0 Å². The molecule has 274 valence electrons. The highest BCUT2D eigenvalue weighted by Crippen LogP contribution is 2.45. The fourth-order valence-corrected chi connectivity index (χ4v) is 8.93. The Kier molecular flexibility index (Phi) is 8.29. The fraction of sp³-hybridized carbons (Fsp3) is 0.0364. The van der Waals surface area contributed by atoms with Crippen molar-refractivity contribution in [1.82, 2.24) is 10.6 Å². The second kappa shape index (κ2) is 14.2. The van der Waals surface area contributed by atoms with Gasteiger partial charge in [-0.2, -0.15) is 0 Å². The van der Waals surface area contributed by atoms with Gasteiger partial charge in [0.2, 0.25) is 0 Å². The predicted molar refractivity (Wildman–Crippen MR) is 246 cm³/mol. The lowest BCUT2D eigenvalue weighted by Crippen LogP contribution is -2.31. The Morgan fingerprint density at radius 1 is 0.466 bits per heavy atom. The molecule has 3 nitrogen and oxygen atoms in total. The van der Waals surface area contributed by atoms with Gasteiger partial charge in [-0.3, -0.25) is 0 Å². The minimum Gasteiger partial charge on any atom is -0.387 e. The summed E-state index contributed by atoms with van der Waals surface area (Å²) in [6.07, 6.45) is 8.51. The van der Waals surface area contributed by atoms with Crippen LogP contribution in [0.1, 0.15) is 28.3 Å². The summed E-state index contributed by atoms with van der Waals surface area (Å²) in [5.74, 6) is 0.854. The van der Waals surface area contributed by atoms with Crippen LogP contribution in [0.2, 0.25) is 0 Å². The van der Waals surface area contributed by atoms with Gasteiger partial charge in [0.25, 0.3) is 0 Å². The highest BCUT2D eigenvalue weighted by atomic mass is 15.0. The van der Waals surface area contributed by atoms with Gasteiger partial charge in [-0.15, -0.1) is 0 Å². The molecule has 0 spiro atoms. The lowest BCUT2D eigenvalue weighted by Gasteiger charge is -2.25. The first-order chi connectivity index (χ1) is 28.7. The largest absolute Gasteiger partial charge is 0.387 e. The van der Waals surface area contributed by atoms with Crippen molar-refractivity contribution < 1.29 is 0 Å². The van der Waals surface area contributed by atoms with Crippen LogP contribution in [0.4, 0.5) is 0 Å². The van der Waals surface area contributed by atoms with E-state index in [1.165, 1.54) is 76.5 Å². The number of fused-ring (bicyclic) bond motifs is 4. The maximum atomic E-state index is 5.38. The molecular formula is C55H39N3. The number of hydrogen-bond acceptors (Lipinski definition) is 3. The van der Waals surface area contributed by atoms with Gasteiger partial charge in [0, 0.05) is 17.7 Å². The first kappa shape index (κ1) is 33.8. The SMILES string of the molecule is C1=CNCC(c2ccc(C3C=C(c4ccc5ccccc5c4)N=C(c4cccc(-c5c6ccccc6c(-c6cccc7ccccc67)c6ccccc56)c4)N3)cc2)=C1. The van der Waals surface area contributed by atoms with Crippen LogP contribution >= 0.6 is 0 Å². The van der Waals surface area contributed by atoms with Crippen LogP contribution in [-0.2, 0) is 0 Å². The summed E-state index contributed by atoms with van der Waals surface area (Å²) < 4.78 is 0. The summed E-state index contributed by atoms with van der Waals surface area (Å²) in [7, 11) is 0. The van der Waals surface area contributed by atoms with Gasteiger partial charge >= 0.3 is 0 Å². The minimum absolute atomic E-state index is 0.0772. The summed E-state index contributed by atoms with van der Waals surface area (Å²) in [6.45, 7) is 0.827. The molecule has 0 aromatic heterocycles. The van der Waals surface area contributed by atoms with E-state index >= 15 is 0 Å².